The molecule has 0 spiro atoms. The number of hydrogen-bond acceptors (Lipinski definition) is 6. The topological polar surface area (TPSA) is 83.1 Å². The fourth-order valence-electron chi connectivity index (χ4n) is 2.15. The third-order valence-corrected chi connectivity index (χ3v) is 3.21. The molecule has 2 rings (SSSR count). The van der Waals surface area contributed by atoms with Gasteiger partial charge in [0.1, 0.15) is 12.6 Å². The summed E-state index contributed by atoms with van der Waals surface area (Å²) in [5, 5.41) is 2.60. The number of benzene rings is 1. The third kappa shape index (κ3) is 3.30. The zero-order chi connectivity index (χ0) is 16.1. The van der Waals surface area contributed by atoms with Crippen LogP contribution in [0.5, 0.6) is 11.5 Å². The number of ether oxygens (including phenoxy) is 4. The molecule has 0 unspecified atom stereocenters. The van der Waals surface area contributed by atoms with E-state index in [4.69, 9.17) is 18.9 Å². The van der Waals surface area contributed by atoms with Gasteiger partial charge < -0.3 is 24.3 Å². The van der Waals surface area contributed by atoms with Crippen LogP contribution in [-0.4, -0.2) is 38.9 Å². The van der Waals surface area contributed by atoms with Gasteiger partial charge in [-0.05, 0) is 17.7 Å². The van der Waals surface area contributed by atoms with E-state index in [1.165, 1.54) is 14.2 Å². The molecule has 22 heavy (non-hydrogen) atoms. The van der Waals surface area contributed by atoms with Crippen LogP contribution in [0.25, 0.3) is 0 Å². The molecule has 0 aromatic heterocycles. The third-order valence-electron chi connectivity index (χ3n) is 3.21. The van der Waals surface area contributed by atoms with E-state index < -0.39 is 24.2 Å². The highest BCUT2D eigenvalue weighted by Gasteiger charge is 2.34. The Morgan fingerprint density at radius 3 is 2.68 bits per heavy atom. The molecule has 2 atom stereocenters. The predicted molar refractivity (Wildman–Crippen MR) is 76.8 cm³/mol. The normalized spacial score (nSPS) is 17.9. The molecule has 1 aromatic carbocycles. The molecule has 1 saturated heterocycles. The van der Waals surface area contributed by atoms with E-state index in [0.29, 0.717) is 17.1 Å². The first-order valence-corrected chi connectivity index (χ1v) is 6.57. The summed E-state index contributed by atoms with van der Waals surface area (Å²) in [5.74, 6) is 0.442. The standard InChI is InChI=1S/C15H17NO6/c1-4-13(17)22-14(10-8-21-15(18)16-10)9-5-6-11(19-2)12(7-9)20-3/h4-7,10,14H,1,8H2,2-3H3,(H,16,18)/t10-,14+/m1/s1. The van der Waals surface area contributed by atoms with Crippen molar-refractivity contribution < 1.29 is 28.5 Å². The van der Waals surface area contributed by atoms with Crippen LogP contribution in [0.4, 0.5) is 4.79 Å². The molecule has 1 heterocycles. The van der Waals surface area contributed by atoms with Crippen LogP contribution in [0.2, 0.25) is 0 Å². The lowest BCUT2D eigenvalue weighted by molar-refractivity contribution is -0.144. The fraction of sp³-hybridized carbons (Fsp3) is 0.333. The van der Waals surface area contributed by atoms with Gasteiger partial charge in [0.2, 0.25) is 0 Å². The van der Waals surface area contributed by atoms with Gasteiger partial charge in [-0.3, -0.25) is 0 Å². The number of esters is 1. The molecular formula is C15H17NO6. The molecule has 1 amide bonds. The Morgan fingerprint density at radius 1 is 1.41 bits per heavy atom. The lowest BCUT2D eigenvalue weighted by Gasteiger charge is -2.22. The monoisotopic (exact) mass is 307 g/mol. The maximum Gasteiger partial charge on any atom is 0.407 e. The Morgan fingerprint density at radius 2 is 2.14 bits per heavy atom. The Labute approximate surface area is 127 Å². The van der Waals surface area contributed by atoms with Gasteiger partial charge in [-0.15, -0.1) is 0 Å². The lowest BCUT2D eigenvalue weighted by Crippen LogP contribution is -2.35. The summed E-state index contributed by atoms with van der Waals surface area (Å²) in [4.78, 5) is 22.8. The minimum Gasteiger partial charge on any atom is -0.493 e. The molecule has 1 aliphatic rings. The molecule has 0 saturated carbocycles. The number of amides is 1. The van der Waals surface area contributed by atoms with Crippen LogP contribution in [0.3, 0.4) is 0 Å². The second kappa shape index (κ2) is 6.84. The summed E-state index contributed by atoms with van der Waals surface area (Å²) < 4.78 is 20.6. The highest BCUT2D eigenvalue weighted by atomic mass is 16.6. The Bertz CT molecular complexity index is 585. The Balaban J connectivity index is 2.33. The molecule has 0 radical (unpaired) electrons. The smallest absolute Gasteiger partial charge is 0.407 e. The molecule has 1 aliphatic heterocycles. The van der Waals surface area contributed by atoms with Crippen molar-refractivity contribution in [3.05, 3.63) is 36.4 Å². The van der Waals surface area contributed by atoms with Gasteiger partial charge in [0.25, 0.3) is 0 Å². The van der Waals surface area contributed by atoms with Crippen LogP contribution >= 0.6 is 0 Å². The number of carbonyl (C=O) groups excluding carboxylic acids is 2. The van der Waals surface area contributed by atoms with E-state index in [1.54, 1.807) is 18.2 Å². The van der Waals surface area contributed by atoms with Gasteiger partial charge >= 0.3 is 12.1 Å². The van der Waals surface area contributed by atoms with Crippen LogP contribution < -0.4 is 14.8 Å². The fourth-order valence-corrected chi connectivity index (χ4v) is 2.15. The minimum atomic E-state index is -0.725. The van der Waals surface area contributed by atoms with E-state index in [9.17, 15) is 9.59 Å². The number of hydrogen-bond donors (Lipinski definition) is 1. The molecule has 1 aromatic rings. The van der Waals surface area contributed by atoms with Crippen LogP contribution in [0.1, 0.15) is 11.7 Å². The van der Waals surface area contributed by atoms with E-state index in [0.717, 1.165) is 6.08 Å². The molecule has 7 nitrogen and oxygen atoms in total. The van der Waals surface area contributed by atoms with E-state index in [-0.39, 0.29) is 6.61 Å². The number of cyclic esters (lactones) is 1. The summed E-state index contributed by atoms with van der Waals surface area (Å²) in [6.45, 7) is 3.47. The van der Waals surface area contributed by atoms with Crippen LogP contribution in [-0.2, 0) is 14.3 Å². The average molecular weight is 307 g/mol. The first-order valence-electron chi connectivity index (χ1n) is 6.57. The lowest BCUT2D eigenvalue weighted by atomic mass is 10.0. The second-order valence-electron chi connectivity index (χ2n) is 4.53. The Kier molecular flexibility index (Phi) is 4.88. The zero-order valence-electron chi connectivity index (χ0n) is 12.3. The molecule has 118 valence electrons. The summed E-state index contributed by atoms with van der Waals surface area (Å²) in [7, 11) is 3.03. The van der Waals surface area contributed by atoms with Gasteiger partial charge in [-0.2, -0.15) is 0 Å². The van der Waals surface area contributed by atoms with E-state index in [2.05, 4.69) is 11.9 Å². The molecule has 1 N–H and O–H groups in total. The van der Waals surface area contributed by atoms with Crippen molar-refractivity contribution in [3.63, 3.8) is 0 Å². The van der Waals surface area contributed by atoms with E-state index in [1.807, 2.05) is 0 Å². The van der Waals surface area contributed by atoms with Gasteiger partial charge in [-0.25, -0.2) is 9.59 Å². The van der Waals surface area contributed by atoms with Gasteiger partial charge in [0.05, 0.1) is 14.2 Å². The average Bonchev–Trinajstić information content (AvgIpc) is 2.97. The summed E-state index contributed by atoms with van der Waals surface area (Å²) in [6, 6.07) is 4.62. The first kappa shape index (κ1) is 15.7. The van der Waals surface area contributed by atoms with Crippen molar-refractivity contribution in [1.82, 2.24) is 5.32 Å². The molecule has 0 aliphatic carbocycles. The number of alkyl carbamates (subject to hydrolysis) is 1. The van der Waals surface area contributed by atoms with Crippen molar-refractivity contribution in [3.8, 4) is 11.5 Å². The Hall–Kier alpha value is -2.70. The highest BCUT2D eigenvalue weighted by molar-refractivity contribution is 5.81. The molecule has 7 heteroatoms. The van der Waals surface area contributed by atoms with Crippen molar-refractivity contribution in [2.75, 3.05) is 20.8 Å². The predicted octanol–water partition coefficient (Wildman–Crippen LogP) is 1.58. The molecule has 1 fully saturated rings. The largest absolute Gasteiger partial charge is 0.493 e. The van der Waals surface area contributed by atoms with Gasteiger partial charge in [0.15, 0.2) is 17.6 Å². The number of methoxy groups -OCH3 is 2. The number of nitrogens with one attached hydrogen (secondary N) is 1. The van der Waals surface area contributed by atoms with Gasteiger partial charge in [-0.1, -0.05) is 12.6 Å². The number of carbonyl (C=O) groups is 2. The summed E-state index contributed by atoms with van der Waals surface area (Å²) in [5.41, 5.74) is 0.642. The number of rotatable bonds is 6. The van der Waals surface area contributed by atoms with Crippen LogP contribution in [0.15, 0.2) is 30.9 Å². The SMILES string of the molecule is C=CC(=O)O[C@@H](c1ccc(OC)c(OC)c1)[C@H]1COC(=O)N1. The van der Waals surface area contributed by atoms with Crippen molar-refractivity contribution in [1.29, 1.82) is 0 Å². The second-order valence-corrected chi connectivity index (χ2v) is 4.53. The summed E-state index contributed by atoms with van der Waals surface area (Å²) >= 11 is 0. The highest BCUT2D eigenvalue weighted by Crippen LogP contribution is 2.33. The van der Waals surface area contributed by atoms with Crippen molar-refractivity contribution in [2.45, 2.75) is 12.1 Å². The zero-order valence-corrected chi connectivity index (χ0v) is 12.3. The molecular weight excluding hydrogens is 290 g/mol. The maximum atomic E-state index is 11.6. The van der Waals surface area contributed by atoms with E-state index >= 15 is 0 Å². The van der Waals surface area contributed by atoms with Gasteiger partial charge in [0, 0.05) is 6.08 Å². The summed E-state index contributed by atoms with van der Waals surface area (Å²) in [6.07, 6.45) is -0.215. The molecule has 0 bridgehead atoms. The van der Waals surface area contributed by atoms with Crippen molar-refractivity contribution >= 4 is 12.1 Å². The first-order chi connectivity index (χ1) is 10.6. The minimum absolute atomic E-state index is 0.0995. The van der Waals surface area contributed by atoms with Crippen molar-refractivity contribution in [2.24, 2.45) is 0 Å². The quantitative estimate of drug-likeness (QED) is 0.634. The van der Waals surface area contributed by atoms with Crippen LogP contribution in [0, 0.1) is 0 Å². The maximum absolute atomic E-state index is 11.6.